The van der Waals surface area contributed by atoms with Crippen LogP contribution in [0.2, 0.25) is 0 Å². The second-order valence-electron chi connectivity index (χ2n) is 2.16. The van der Waals surface area contributed by atoms with E-state index in [0.29, 0.717) is 0 Å². The van der Waals surface area contributed by atoms with Crippen molar-refractivity contribution >= 4 is 31.3 Å². The molecule has 0 aromatic rings. The molecule has 18 heavy (non-hydrogen) atoms. The van der Waals surface area contributed by atoms with Gasteiger partial charge in [-0.25, -0.2) is 18.3 Å². The van der Waals surface area contributed by atoms with Crippen molar-refractivity contribution in [2.24, 2.45) is 0 Å². The first kappa shape index (κ1) is 22.2. The minimum Gasteiger partial charge on any atom is -0.302 e. The topological polar surface area (TPSA) is 217 Å². The molecule has 0 aliphatic heterocycles. The van der Waals surface area contributed by atoms with Gasteiger partial charge in [0.25, 0.3) is 0 Å². The molecule has 0 bridgehead atoms. The Balaban J connectivity index is 0. The average Bonchev–Trinajstić information content (AvgIpc) is 1.65. The Morgan fingerprint density at radius 3 is 0.944 bits per heavy atom. The summed E-state index contributed by atoms with van der Waals surface area (Å²) in [6.45, 7) is 0. The van der Waals surface area contributed by atoms with Gasteiger partial charge in [0, 0.05) is 40.8 Å². The van der Waals surface area contributed by atoms with Gasteiger partial charge in [-0.1, -0.05) is 0 Å². The third-order valence-corrected chi connectivity index (χ3v) is 5.63. The summed E-state index contributed by atoms with van der Waals surface area (Å²) < 4.78 is 50.9. The van der Waals surface area contributed by atoms with E-state index < -0.39 is 31.3 Å². The van der Waals surface area contributed by atoms with Crippen LogP contribution in [0.3, 0.4) is 0 Å². The molecule has 0 aromatic carbocycles. The molecular formula is H6NdO13P4. The van der Waals surface area contributed by atoms with Gasteiger partial charge in [-0.15, -0.1) is 0 Å². The fourth-order valence-corrected chi connectivity index (χ4v) is 4.40. The summed E-state index contributed by atoms with van der Waals surface area (Å²) in [7, 11) is -22.6. The monoisotopic (exact) mass is 480 g/mol. The van der Waals surface area contributed by atoms with Crippen LogP contribution >= 0.6 is 31.3 Å². The van der Waals surface area contributed by atoms with E-state index in [1.807, 2.05) is 0 Å². The van der Waals surface area contributed by atoms with Crippen LogP contribution in [-0.2, 0) is 31.2 Å². The maximum atomic E-state index is 10.7. The first-order chi connectivity index (χ1) is 7.12. The van der Waals surface area contributed by atoms with Crippen LogP contribution in [0.5, 0.6) is 0 Å². The number of phosphoric acid groups is 4. The van der Waals surface area contributed by atoms with Gasteiger partial charge in [-0.3, -0.25) is 0 Å². The molecule has 0 heterocycles. The Hall–Kier alpha value is 1.91. The molecule has 0 aliphatic rings. The van der Waals surface area contributed by atoms with Gasteiger partial charge in [0.1, 0.15) is 0 Å². The number of rotatable bonds is 6. The predicted molar refractivity (Wildman–Crippen MR) is 47.0 cm³/mol. The van der Waals surface area contributed by atoms with Gasteiger partial charge in [-0.05, 0) is 0 Å². The van der Waals surface area contributed by atoms with Gasteiger partial charge in [0.15, 0.2) is 0 Å². The summed E-state index contributed by atoms with van der Waals surface area (Å²) in [5, 5.41) is 0. The standard InChI is InChI=1S/Nd.H6O13P4/c;1-14(2,3)11-16(7,8)13-17(9,10)12-15(4,5)6/h;(H,7,8)(H,9,10)(H2,1,2,3)(H2,4,5,6). The zero-order valence-corrected chi connectivity index (χ0v) is 14.6. The number of hydrogen-bond acceptors (Lipinski definition) is 7. The molecule has 0 rings (SSSR count). The molecule has 0 radical (unpaired) electrons. The summed E-state index contributed by atoms with van der Waals surface area (Å²) in [5.41, 5.74) is 0. The van der Waals surface area contributed by atoms with Gasteiger partial charge in [0.2, 0.25) is 0 Å². The molecule has 0 amide bonds. The van der Waals surface area contributed by atoms with E-state index in [-0.39, 0.29) is 40.8 Å². The predicted octanol–water partition coefficient (Wildman–Crippen LogP) is -0.578. The maximum absolute atomic E-state index is 10.7. The van der Waals surface area contributed by atoms with Crippen LogP contribution in [0.1, 0.15) is 0 Å². The van der Waals surface area contributed by atoms with Crippen molar-refractivity contribution < 1.29 is 101 Å². The molecule has 0 saturated carbocycles. The maximum Gasteiger partial charge on any atom is 0.490 e. The third-order valence-electron chi connectivity index (χ3n) is 0.625. The van der Waals surface area contributed by atoms with Crippen LogP contribution in [-0.4, -0.2) is 29.4 Å². The van der Waals surface area contributed by atoms with Crippen molar-refractivity contribution in [2.45, 2.75) is 0 Å². The molecule has 0 fully saturated rings. The van der Waals surface area contributed by atoms with Crippen LogP contribution in [0, 0.1) is 40.8 Å². The van der Waals surface area contributed by atoms with E-state index >= 15 is 0 Å². The molecule has 2 unspecified atom stereocenters. The Morgan fingerprint density at radius 2 is 0.778 bits per heavy atom. The fourth-order valence-electron chi connectivity index (χ4n) is 0.429. The van der Waals surface area contributed by atoms with Crippen molar-refractivity contribution in [2.75, 3.05) is 0 Å². The molecule has 0 saturated heterocycles. The summed E-state index contributed by atoms with van der Waals surface area (Å²) in [4.78, 5) is 49.4. The van der Waals surface area contributed by atoms with Crippen LogP contribution in [0.4, 0.5) is 0 Å². The van der Waals surface area contributed by atoms with Crippen molar-refractivity contribution in [1.29, 1.82) is 0 Å². The van der Waals surface area contributed by atoms with Gasteiger partial charge < -0.3 is 29.4 Å². The van der Waals surface area contributed by atoms with Crippen molar-refractivity contribution in [3.63, 3.8) is 0 Å². The second-order valence-corrected chi connectivity index (χ2v) is 7.96. The second kappa shape index (κ2) is 7.26. The van der Waals surface area contributed by atoms with E-state index in [4.69, 9.17) is 29.4 Å². The fraction of sp³-hybridized carbons (Fsp3) is 0. The molecule has 108 valence electrons. The van der Waals surface area contributed by atoms with Crippen LogP contribution in [0.15, 0.2) is 0 Å². The molecule has 0 aromatic heterocycles. The Kier molecular flexibility index (Phi) is 8.95. The van der Waals surface area contributed by atoms with Crippen molar-refractivity contribution in [3.8, 4) is 0 Å². The van der Waals surface area contributed by atoms with E-state index in [1.54, 1.807) is 0 Å². The van der Waals surface area contributed by atoms with E-state index in [2.05, 4.69) is 12.9 Å². The Morgan fingerprint density at radius 1 is 0.556 bits per heavy atom. The Labute approximate surface area is 132 Å². The minimum atomic E-state index is -5.77. The van der Waals surface area contributed by atoms with Crippen LogP contribution < -0.4 is 0 Å². The van der Waals surface area contributed by atoms with E-state index in [0.717, 1.165) is 0 Å². The molecule has 0 aliphatic carbocycles. The quantitative estimate of drug-likeness (QED) is 0.262. The first-order valence-electron chi connectivity index (χ1n) is 3.03. The first-order valence-corrected chi connectivity index (χ1v) is 9.08. The Bertz CT molecular complexity index is 408. The van der Waals surface area contributed by atoms with Crippen molar-refractivity contribution in [1.82, 2.24) is 0 Å². The average molecular weight is 482 g/mol. The minimum absolute atomic E-state index is 0. The molecule has 6 N–H and O–H groups in total. The van der Waals surface area contributed by atoms with Gasteiger partial charge >= 0.3 is 31.3 Å². The summed E-state index contributed by atoms with van der Waals surface area (Å²) in [6.07, 6.45) is 0. The third kappa shape index (κ3) is 12.9. The normalized spacial score (nSPS) is 19.4. The zero-order chi connectivity index (χ0) is 14.1. The van der Waals surface area contributed by atoms with Crippen LogP contribution in [0.25, 0.3) is 0 Å². The smallest absolute Gasteiger partial charge is 0.302 e. The van der Waals surface area contributed by atoms with Gasteiger partial charge in [0.05, 0.1) is 0 Å². The summed E-state index contributed by atoms with van der Waals surface area (Å²) in [5.74, 6) is 0. The molecular weight excluding hydrogens is 476 g/mol. The molecule has 13 nitrogen and oxygen atoms in total. The molecule has 18 heteroatoms. The summed E-state index contributed by atoms with van der Waals surface area (Å²) >= 11 is 0. The largest absolute Gasteiger partial charge is 0.490 e. The van der Waals surface area contributed by atoms with E-state index in [9.17, 15) is 18.3 Å². The zero-order valence-electron chi connectivity index (χ0n) is 7.83. The van der Waals surface area contributed by atoms with Crippen molar-refractivity contribution in [3.05, 3.63) is 0 Å². The summed E-state index contributed by atoms with van der Waals surface area (Å²) in [6, 6.07) is 0. The van der Waals surface area contributed by atoms with Gasteiger partial charge in [-0.2, -0.15) is 12.9 Å². The van der Waals surface area contributed by atoms with E-state index in [1.165, 1.54) is 0 Å². The SMILES string of the molecule is O=P(O)(O)OP(=O)(O)OP(=O)(O)OP(=O)(O)O.[Nd]. The molecule has 2 atom stereocenters. The molecule has 0 spiro atoms. The number of hydrogen-bond donors (Lipinski definition) is 6.